The molecule has 5 heterocycles. The number of aromatic nitrogens is 2. The van der Waals surface area contributed by atoms with Crippen molar-refractivity contribution in [2.75, 3.05) is 70.1 Å². The van der Waals surface area contributed by atoms with Gasteiger partial charge < -0.3 is 14.7 Å². The molecule has 7 rings (SSSR count). The van der Waals surface area contributed by atoms with Gasteiger partial charge >= 0.3 is 11.9 Å². The molecule has 4 aliphatic heterocycles. The van der Waals surface area contributed by atoms with E-state index in [4.69, 9.17) is 0 Å². The number of thioether (sulfide) groups is 1. The van der Waals surface area contributed by atoms with Gasteiger partial charge in [-0.05, 0) is 45.0 Å². The Morgan fingerprint density at radius 1 is 1.14 bits per heavy atom. The van der Waals surface area contributed by atoms with Crippen molar-refractivity contribution in [3.8, 4) is 0 Å². The van der Waals surface area contributed by atoms with Crippen LogP contribution in [0.4, 0.5) is 19.0 Å². The lowest BCUT2D eigenvalue weighted by atomic mass is 9.73. The minimum atomic E-state index is -4.70. The Hall–Kier alpha value is -3.62. The fourth-order valence-corrected chi connectivity index (χ4v) is 9.92. The zero-order valence-corrected chi connectivity index (χ0v) is 30.1. The van der Waals surface area contributed by atoms with Crippen LogP contribution in [-0.2, 0) is 11.0 Å². The van der Waals surface area contributed by atoms with Crippen LogP contribution in [-0.4, -0.2) is 124 Å². The van der Waals surface area contributed by atoms with E-state index in [1.807, 2.05) is 37.8 Å². The number of halogens is 3. The molecule has 1 amide bonds. The first-order valence-corrected chi connectivity index (χ1v) is 18.4. The molecule has 1 aromatic heterocycles. The maximum absolute atomic E-state index is 15.5. The number of rotatable bonds is 6. The number of hydrogen-bond acceptors (Lipinski definition) is 9. The third kappa shape index (κ3) is 5.58. The molecule has 2 saturated heterocycles. The van der Waals surface area contributed by atoms with Crippen molar-refractivity contribution in [1.29, 1.82) is 0 Å². The third-order valence-corrected chi connectivity index (χ3v) is 12.6. The van der Waals surface area contributed by atoms with E-state index in [1.54, 1.807) is 33.8 Å². The number of anilines is 1. The minimum Gasteiger partial charge on any atom is -0.352 e. The second-order valence-electron chi connectivity index (χ2n) is 14.3. The number of alkyl halides is 3. The number of piperazine rings is 2. The van der Waals surface area contributed by atoms with Crippen LogP contribution in [0.15, 0.2) is 51.7 Å². The zero-order valence-electron chi connectivity index (χ0n) is 29.3. The number of carbonyl (C=O) groups is 1. The SMILES string of the molecule is C=CC(=O)N1[C@H](C)CN(c2nc(=O)n3c4c(c(C5=CC=CC6C=NN(C)C56C)c(C(F)(F)F)cc24)SC[C@@H]3CN2CCN(CC)CC2)C[C@@H]1C. The van der Waals surface area contributed by atoms with E-state index < -0.39 is 23.0 Å². The lowest BCUT2D eigenvalue weighted by Gasteiger charge is -2.45. The number of carbonyl (C=O) groups excluding carboxylic acids is 1. The van der Waals surface area contributed by atoms with Crippen molar-refractivity contribution in [3.05, 3.63) is 58.6 Å². The average Bonchev–Trinajstić information content (AvgIpc) is 3.39. The number of benzene rings is 1. The van der Waals surface area contributed by atoms with Gasteiger partial charge in [-0.1, -0.05) is 31.7 Å². The van der Waals surface area contributed by atoms with Gasteiger partial charge in [0.1, 0.15) is 5.82 Å². The summed E-state index contributed by atoms with van der Waals surface area (Å²) in [5.41, 5.74) is -0.948. The molecule has 0 spiro atoms. The monoisotopic (exact) mass is 710 g/mol. The van der Waals surface area contributed by atoms with E-state index in [0.717, 1.165) is 32.7 Å². The predicted molar refractivity (Wildman–Crippen MR) is 193 cm³/mol. The normalized spacial score (nSPS) is 28.7. The summed E-state index contributed by atoms with van der Waals surface area (Å²) in [7, 11) is 1.79. The molecule has 1 aliphatic carbocycles. The molecule has 2 fully saturated rings. The van der Waals surface area contributed by atoms with Crippen LogP contribution >= 0.6 is 11.8 Å². The van der Waals surface area contributed by atoms with E-state index in [0.29, 0.717) is 46.8 Å². The summed E-state index contributed by atoms with van der Waals surface area (Å²) in [5.74, 6) is 0.245. The number of allylic oxidation sites excluding steroid dienone is 2. The van der Waals surface area contributed by atoms with Crippen LogP contribution in [0.25, 0.3) is 16.5 Å². The highest BCUT2D eigenvalue weighted by Crippen LogP contribution is 2.53. The maximum atomic E-state index is 15.5. The summed E-state index contributed by atoms with van der Waals surface area (Å²) in [6.45, 7) is 17.3. The van der Waals surface area contributed by atoms with Crippen LogP contribution in [0.3, 0.4) is 0 Å². The standard InChI is InChI=1S/C36H45F3N8O2S/c1-7-29(48)46-22(3)18-45(19-23(46)4)33-26-16-28(36(37,38)39)30(27-11-9-10-24-17-40-42(6)35(24,27)5)32-31(26)47(34(49)41-33)25(21-50-32)20-44-14-12-43(8-2)13-15-44/h7,9-11,16-17,22-25H,1,8,12-15,18-21H2,2-6H3/t22-,23+,24?,25-,35?/m0/s1. The Balaban J connectivity index is 1.44. The van der Waals surface area contributed by atoms with Crippen molar-refractivity contribution < 1.29 is 18.0 Å². The van der Waals surface area contributed by atoms with Gasteiger partial charge in [0.15, 0.2) is 0 Å². The number of nitrogens with zero attached hydrogens (tertiary/aromatic N) is 8. The molecule has 5 aliphatic rings. The summed E-state index contributed by atoms with van der Waals surface area (Å²) in [4.78, 5) is 40.4. The van der Waals surface area contributed by atoms with Crippen molar-refractivity contribution in [2.24, 2.45) is 11.0 Å². The molecule has 0 N–H and O–H groups in total. The van der Waals surface area contributed by atoms with E-state index in [-0.39, 0.29) is 41.3 Å². The molecule has 1 aromatic carbocycles. The van der Waals surface area contributed by atoms with Gasteiger partial charge in [-0.15, -0.1) is 11.8 Å². The summed E-state index contributed by atoms with van der Waals surface area (Å²) in [6, 6.07) is 0.382. The molecule has 2 aromatic rings. The van der Waals surface area contributed by atoms with E-state index >= 15 is 13.2 Å². The molecule has 2 unspecified atom stereocenters. The second-order valence-corrected chi connectivity index (χ2v) is 15.3. The summed E-state index contributed by atoms with van der Waals surface area (Å²) < 4.78 is 48.1. The fourth-order valence-electron chi connectivity index (χ4n) is 8.60. The molecule has 5 atom stereocenters. The van der Waals surface area contributed by atoms with Gasteiger partial charge in [0, 0.05) is 98.7 Å². The van der Waals surface area contributed by atoms with Gasteiger partial charge in [-0.2, -0.15) is 23.3 Å². The van der Waals surface area contributed by atoms with E-state index in [9.17, 15) is 9.59 Å². The first-order chi connectivity index (χ1) is 23.8. The second kappa shape index (κ2) is 12.9. The number of likely N-dealkylation sites (N-methyl/N-ethyl adjacent to an activating group) is 2. The topological polar surface area (TPSA) is 80.5 Å². The van der Waals surface area contributed by atoms with Gasteiger partial charge in [0.05, 0.1) is 22.7 Å². The summed E-state index contributed by atoms with van der Waals surface area (Å²) >= 11 is 1.41. The van der Waals surface area contributed by atoms with Gasteiger partial charge in [0.2, 0.25) is 5.91 Å². The van der Waals surface area contributed by atoms with Crippen molar-refractivity contribution in [2.45, 2.75) is 62.4 Å². The van der Waals surface area contributed by atoms with E-state index in [2.05, 4.69) is 33.4 Å². The van der Waals surface area contributed by atoms with Crippen molar-refractivity contribution >= 4 is 46.2 Å². The Morgan fingerprint density at radius 3 is 2.46 bits per heavy atom. The van der Waals surface area contributed by atoms with Crippen LogP contribution < -0.4 is 10.6 Å². The largest absolute Gasteiger partial charge is 0.417 e. The lowest BCUT2D eigenvalue weighted by molar-refractivity contribution is -0.138. The Morgan fingerprint density at radius 2 is 1.82 bits per heavy atom. The molecule has 14 heteroatoms. The van der Waals surface area contributed by atoms with Crippen molar-refractivity contribution in [1.82, 2.24) is 29.3 Å². The zero-order chi connectivity index (χ0) is 35.7. The maximum Gasteiger partial charge on any atom is 0.417 e. The Kier molecular flexibility index (Phi) is 8.95. The fraction of sp³-hybridized carbons (Fsp3) is 0.556. The highest BCUT2D eigenvalue weighted by atomic mass is 32.2. The summed E-state index contributed by atoms with van der Waals surface area (Å²) in [5, 5.41) is 6.55. The molecule has 0 bridgehead atoms. The predicted octanol–water partition coefficient (Wildman–Crippen LogP) is 4.57. The molecular formula is C36H45F3N8O2S. The van der Waals surface area contributed by atoms with Gasteiger partial charge in [-0.3, -0.25) is 19.3 Å². The van der Waals surface area contributed by atoms with Crippen LogP contribution in [0.1, 0.15) is 44.9 Å². The molecule has 0 radical (unpaired) electrons. The van der Waals surface area contributed by atoms with Crippen LogP contribution in [0.5, 0.6) is 0 Å². The van der Waals surface area contributed by atoms with Crippen LogP contribution in [0.2, 0.25) is 0 Å². The minimum absolute atomic E-state index is 0.104. The first kappa shape index (κ1) is 34.8. The molecule has 268 valence electrons. The molecule has 50 heavy (non-hydrogen) atoms. The molecule has 0 saturated carbocycles. The first-order valence-electron chi connectivity index (χ1n) is 17.4. The number of hydrogen-bond donors (Lipinski definition) is 0. The number of fused-ring (bicyclic) bond motifs is 1. The van der Waals surface area contributed by atoms with Gasteiger partial charge in [-0.25, -0.2) is 4.79 Å². The Labute approximate surface area is 294 Å². The quantitative estimate of drug-likeness (QED) is 0.404. The number of amides is 1. The van der Waals surface area contributed by atoms with Gasteiger partial charge in [0.25, 0.3) is 0 Å². The summed E-state index contributed by atoms with van der Waals surface area (Å²) in [6.07, 6.45) is 3.92. The molecule has 10 nitrogen and oxygen atoms in total. The van der Waals surface area contributed by atoms with E-state index in [1.165, 1.54) is 23.9 Å². The smallest absolute Gasteiger partial charge is 0.352 e. The Bertz CT molecular complexity index is 1850. The van der Waals surface area contributed by atoms with Crippen molar-refractivity contribution in [3.63, 3.8) is 0 Å². The lowest BCUT2D eigenvalue weighted by Crippen LogP contribution is -2.58. The number of hydrazone groups is 1. The highest BCUT2D eigenvalue weighted by Gasteiger charge is 2.49. The highest BCUT2D eigenvalue weighted by molar-refractivity contribution is 7.99. The third-order valence-electron chi connectivity index (χ3n) is 11.4. The van der Waals surface area contributed by atoms with Crippen LogP contribution in [0, 0.1) is 5.92 Å². The average molecular weight is 711 g/mol. The molecular weight excluding hydrogens is 666 g/mol.